The predicted molar refractivity (Wildman–Crippen MR) is 117 cm³/mol. The van der Waals surface area contributed by atoms with Gasteiger partial charge < -0.3 is 24.1 Å². The fourth-order valence-electron chi connectivity index (χ4n) is 3.16. The van der Waals surface area contributed by atoms with E-state index in [1.807, 2.05) is 6.92 Å². The number of ether oxygens (including phenoxy) is 3. The van der Waals surface area contributed by atoms with Crippen LogP contribution < -0.4 is 19.5 Å². The highest BCUT2D eigenvalue weighted by Gasteiger charge is 2.14. The van der Waals surface area contributed by atoms with Crippen LogP contribution in [-0.4, -0.2) is 35.3 Å². The molecule has 0 bridgehead atoms. The van der Waals surface area contributed by atoms with Crippen LogP contribution in [0.25, 0.3) is 10.9 Å². The minimum Gasteiger partial charge on any atom is -0.496 e. The van der Waals surface area contributed by atoms with E-state index in [0.29, 0.717) is 52.2 Å². The summed E-state index contributed by atoms with van der Waals surface area (Å²) in [6.07, 6.45) is 4.12. The predicted octanol–water partition coefficient (Wildman–Crippen LogP) is 4.17. The zero-order chi connectivity index (χ0) is 22.5. The molecule has 1 N–H and O–H groups in total. The van der Waals surface area contributed by atoms with Gasteiger partial charge in [0.05, 0.1) is 31.5 Å². The third kappa shape index (κ3) is 4.61. The van der Waals surface area contributed by atoms with Gasteiger partial charge in [-0.2, -0.15) is 0 Å². The van der Waals surface area contributed by atoms with Gasteiger partial charge in [0, 0.05) is 42.6 Å². The molecule has 0 aliphatic rings. The second-order valence-electron chi connectivity index (χ2n) is 6.89. The Morgan fingerprint density at radius 1 is 1.06 bits per heavy atom. The van der Waals surface area contributed by atoms with Crippen molar-refractivity contribution in [3.63, 3.8) is 0 Å². The van der Waals surface area contributed by atoms with Gasteiger partial charge in [-0.1, -0.05) is 18.1 Å². The number of hydrogen-bond acceptors (Lipinski definition) is 8. The van der Waals surface area contributed by atoms with Gasteiger partial charge in [0.25, 0.3) is 0 Å². The van der Waals surface area contributed by atoms with E-state index in [4.69, 9.17) is 18.7 Å². The number of methoxy groups -OCH3 is 2. The van der Waals surface area contributed by atoms with Crippen molar-refractivity contribution in [2.75, 3.05) is 19.5 Å². The highest BCUT2D eigenvalue weighted by atomic mass is 16.5. The maximum Gasteiger partial charge on any atom is 0.230 e. The van der Waals surface area contributed by atoms with Crippen molar-refractivity contribution in [2.24, 2.45) is 0 Å². The van der Waals surface area contributed by atoms with E-state index in [-0.39, 0.29) is 12.3 Å². The summed E-state index contributed by atoms with van der Waals surface area (Å²) in [4.78, 5) is 21.0. The number of aromatic nitrogens is 3. The molecule has 0 radical (unpaired) electrons. The summed E-state index contributed by atoms with van der Waals surface area (Å²) in [5, 5.41) is 7.30. The molecule has 0 aliphatic heterocycles. The first kappa shape index (κ1) is 21.1. The molecule has 1 aromatic carbocycles. The third-order valence-corrected chi connectivity index (χ3v) is 4.78. The Balaban J connectivity index is 1.51. The van der Waals surface area contributed by atoms with Crippen LogP contribution in [0, 0.1) is 0 Å². The van der Waals surface area contributed by atoms with Gasteiger partial charge in [0.1, 0.15) is 23.0 Å². The molecule has 9 heteroatoms. The number of carbonyl (C=O) groups excluding carboxylic acids is 1. The van der Waals surface area contributed by atoms with E-state index in [9.17, 15) is 4.79 Å². The van der Waals surface area contributed by atoms with Crippen LogP contribution in [0.2, 0.25) is 0 Å². The van der Waals surface area contributed by atoms with Crippen molar-refractivity contribution >= 4 is 22.6 Å². The van der Waals surface area contributed by atoms with Gasteiger partial charge in [0.15, 0.2) is 5.82 Å². The van der Waals surface area contributed by atoms with Crippen LogP contribution in [-0.2, 0) is 17.6 Å². The number of hydrogen-bond donors (Lipinski definition) is 1. The molecule has 3 heterocycles. The molecule has 0 spiro atoms. The van der Waals surface area contributed by atoms with Crippen molar-refractivity contribution in [1.82, 2.24) is 15.1 Å². The molecule has 0 unspecified atom stereocenters. The molecule has 0 fully saturated rings. The monoisotopic (exact) mass is 434 g/mol. The summed E-state index contributed by atoms with van der Waals surface area (Å²) in [7, 11) is 3.10. The summed E-state index contributed by atoms with van der Waals surface area (Å²) in [6, 6.07) is 10.5. The summed E-state index contributed by atoms with van der Waals surface area (Å²) in [6.45, 7) is 1.95. The Morgan fingerprint density at radius 2 is 1.94 bits per heavy atom. The molecule has 4 rings (SSSR count). The van der Waals surface area contributed by atoms with Gasteiger partial charge >= 0.3 is 0 Å². The Hall–Kier alpha value is -4.14. The molecule has 32 heavy (non-hydrogen) atoms. The first-order valence-corrected chi connectivity index (χ1v) is 9.98. The van der Waals surface area contributed by atoms with E-state index in [0.717, 1.165) is 5.39 Å². The van der Waals surface area contributed by atoms with Gasteiger partial charge in [-0.25, -0.2) is 4.98 Å². The van der Waals surface area contributed by atoms with Crippen molar-refractivity contribution in [3.05, 3.63) is 60.1 Å². The number of carbonyl (C=O) groups is 1. The summed E-state index contributed by atoms with van der Waals surface area (Å²) in [5.41, 5.74) is 1.41. The second kappa shape index (κ2) is 9.34. The standard InChI is InChI=1S/C23H22N4O5/c1-4-15-11-21(27-32-15)26-22(28)9-14-5-6-16(10-20(14)29-2)31-19-7-8-24-18-12-23(30-3)25-13-17(18)19/h5-8,10-13H,4,9H2,1-3H3,(H,26,27,28). The summed E-state index contributed by atoms with van der Waals surface area (Å²) < 4.78 is 21.8. The Labute approximate surface area is 184 Å². The SMILES string of the molecule is CCc1cc(NC(=O)Cc2ccc(Oc3ccnc4cc(OC)ncc34)cc2OC)no1. The quantitative estimate of drug-likeness (QED) is 0.440. The number of pyridine rings is 2. The topological polar surface area (TPSA) is 109 Å². The first-order chi connectivity index (χ1) is 15.6. The van der Waals surface area contributed by atoms with Crippen LogP contribution >= 0.6 is 0 Å². The molecular formula is C23H22N4O5. The van der Waals surface area contributed by atoms with Crippen molar-refractivity contribution in [2.45, 2.75) is 19.8 Å². The average molecular weight is 434 g/mol. The number of nitrogens with zero attached hydrogens (tertiary/aromatic N) is 3. The van der Waals surface area contributed by atoms with E-state index in [2.05, 4.69) is 20.4 Å². The lowest BCUT2D eigenvalue weighted by molar-refractivity contribution is -0.115. The number of nitrogens with one attached hydrogen (secondary N) is 1. The minimum atomic E-state index is -0.229. The lowest BCUT2D eigenvalue weighted by Gasteiger charge is -2.13. The number of amides is 1. The summed E-state index contributed by atoms with van der Waals surface area (Å²) >= 11 is 0. The first-order valence-electron chi connectivity index (χ1n) is 9.98. The zero-order valence-corrected chi connectivity index (χ0v) is 17.9. The number of aryl methyl sites for hydroxylation is 1. The molecule has 0 atom stereocenters. The van der Waals surface area contributed by atoms with Crippen molar-refractivity contribution in [3.8, 4) is 23.1 Å². The highest BCUT2D eigenvalue weighted by Crippen LogP contribution is 2.32. The zero-order valence-electron chi connectivity index (χ0n) is 17.9. The van der Waals surface area contributed by atoms with E-state index in [1.165, 1.54) is 0 Å². The Bertz CT molecular complexity index is 1250. The molecule has 0 aliphatic carbocycles. The number of benzene rings is 1. The number of rotatable bonds is 8. The lowest BCUT2D eigenvalue weighted by atomic mass is 10.1. The molecular weight excluding hydrogens is 412 g/mol. The van der Waals surface area contributed by atoms with Crippen LogP contribution in [0.5, 0.6) is 23.1 Å². The number of anilines is 1. The smallest absolute Gasteiger partial charge is 0.230 e. The molecule has 164 valence electrons. The molecule has 0 saturated carbocycles. The molecule has 1 amide bonds. The van der Waals surface area contributed by atoms with Crippen molar-refractivity contribution in [1.29, 1.82) is 0 Å². The van der Waals surface area contributed by atoms with Gasteiger partial charge in [-0.3, -0.25) is 9.78 Å². The van der Waals surface area contributed by atoms with Gasteiger partial charge in [0.2, 0.25) is 11.8 Å². The van der Waals surface area contributed by atoms with E-state index >= 15 is 0 Å². The molecule has 9 nitrogen and oxygen atoms in total. The van der Waals surface area contributed by atoms with Crippen LogP contribution in [0.15, 0.2) is 53.3 Å². The Kier molecular flexibility index (Phi) is 6.16. The van der Waals surface area contributed by atoms with Crippen LogP contribution in [0.1, 0.15) is 18.2 Å². The summed E-state index contributed by atoms with van der Waals surface area (Å²) in [5.74, 6) is 3.02. The molecule has 0 saturated heterocycles. The number of fused-ring (bicyclic) bond motifs is 1. The van der Waals surface area contributed by atoms with Crippen LogP contribution in [0.3, 0.4) is 0 Å². The van der Waals surface area contributed by atoms with Gasteiger partial charge in [-0.05, 0) is 12.1 Å². The normalized spacial score (nSPS) is 10.7. The third-order valence-electron chi connectivity index (χ3n) is 4.78. The lowest BCUT2D eigenvalue weighted by Crippen LogP contribution is -2.15. The fourth-order valence-corrected chi connectivity index (χ4v) is 3.16. The average Bonchev–Trinajstić information content (AvgIpc) is 3.27. The molecule has 4 aromatic rings. The maximum atomic E-state index is 12.4. The van der Waals surface area contributed by atoms with Crippen LogP contribution in [0.4, 0.5) is 5.82 Å². The van der Waals surface area contributed by atoms with Crippen molar-refractivity contribution < 1.29 is 23.5 Å². The highest BCUT2D eigenvalue weighted by molar-refractivity contribution is 5.91. The fraction of sp³-hybridized carbons (Fsp3) is 0.217. The van der Waals surface area contributed by atoms with E-state index in [1.54, 1.807) is 63.0 Å². The van der Waals surface area contributed by atoms with E-state index < -0.39 is 0 Å². The van der Waals surface area contributed by atoms with Gasteiger partial charge in [-0.15, -0.1) is 0 Å². The minimum absolute atomic E-state index is 0.111. The Morgan fingerprint density at radius 3 is 2.69 bits per heavy atom. The largest absolute Gasteiger partial charge is 0.496 e. The second-order valence-corrected chi connectivity index (χ2v) is 6.89. The maximum absolute atomic E-state index is 12.4. The molecule has 3 aromatic heterocycles.